The maximum atomic E-state index is 12.8. The van der Waals surface area contributed by atoms with Gasteiger partial charge in [-0.1, -0.05) is 38.1 Å². The quantitative estimate of drug-likeness (QED) is 0.358. The molecule has 1 aliphatic rings. The highest BCUT2D eigenvalue weighted by Gasteiger charge is 2.24. The number of amides is 1. The van der Waals surface area contributed by atoms with Gasteiger partial charge in [-0.25, -0.2) is 4.79 Å². The van der Waals surface area contributed by atoms with Gasteiger partial charge in [0.2, 0.25) is 0 Å². The van der Waals surface area contributed by atoms with Gasteiger partial charge in [0.25, 0.3) is 5.91 Å². The average molecular weight is 464 g/mol. The zero-order valence-electron chi connectivity index (χ0n) is 19.3. The van der Waals surface area contributed by atoms with Crippen molar-refractivity contribution in [3.63, 3.8) is 0 Å². The number of esters is 1. The van der Waals surface area contributed by atoms with Crippen LogP contribution < -0.4 is 5.32 Å². The number of ether oxygens (including phenoxy) is 2. The first-order valence-corrected chi connectivity index (χ1v) is 11.6. The monoisotopic (exact) mass is 463 g/mol. The van der Waals surface area contributed by atoms with Crippen molar-refractivity contribution >= 4 is 23.5 Å². The summed E-state index contributed by atoms with van der Waals surface area (Å²) in [6, 6.07) is 0. The molecule has 0 aliphatic carbocycles. The van der Waals surface area contributed by atoms with Crippen LogP contribution in [-0.2, 0) is 33.7 Å². The maximum Gasteiger partial charge on any atom is 0.337 e. The second kappa shape index (κ2) is 13.2. The van der Waals surface area contributed by atoms with Crippen LogP contribution in [0.2, 0.25) is 0 Å². The molecule has 32 heavy (non-hydrogen) atoms. The van der Waals surface area contributed by atoms with Crippen molar-refractivity contribution in [1.29, 1.82) is 0 Å². The molecule has 1 atom stereocenters. The summed E-state index contributed by atoms with van der Waals surface area (Å²) in [4.78, 5) is 25.0. The van der Waals surface area contributed by atoms with Crippen LogP contribution in [0.15, 0.2) is 35.4 Å². The molecule has 176 valence electrons. The number of fused-ring (bicyclic) bond motifs is 1. The van der Waals surface area contributed by atoms with E-state index in [1.807, 2.05) is 18.5 Å². The number of aromatic nitrogens is 2. The van der Waals surface area contributed by atoms with E-state index in [9.17, 15) is 9.59 Å². The lowest BCUT2D eigenvalue weighted by Crippen LogP contribution is -2.27. The lowest BCUT2D eigenvalue weighted by molar-refractivity contribution is -0.139. The van der Waals surface area contributed by atoms with Gasteiger partial charge in [-0.15, -0.1) is 0 Å². The van der Waals surface area contributed by atoms with E-state index in [1.165, 1.54) is 6.08 Å². The SMILES string of the molecule is C=C(/C=C\C(Cl)=C/C)C(=O)OC[C@@H](C)Cn1nc(CC)c2c1CCCOCCCNC2=O. The Morgan fingerprint density at radius 1 is 1.38 bits per heavy atom. The molecule has 1 aliphatic heterocycles. The van der Waals surface area contributed by atoms with E-state index in [4.69, 9.17) is 26.2 Å². The normalized spacial score (nSPS) is 16.8. The molecule has 1 aromatic rings. The van der Waals surface area contributed by atoms with E-state index in [2.05, 4.69) is 11.9 Å². The molecule has 0 spiro atoms. The van der Waals surface area contributed by atoms with Crippen molar-refractivity contribution in [2.75, 3.05) is 26.4 Å². The summed E-state index contributed by atoms with van der Waals surface area (Å²) in [5.74, 6) is -0.563. The molecule has 1 aromatic heterocycles. The van der Waals surface area contributed by atoms with E-state index < -0.39 is 5.97 Å². The lowest BCUT2D eigenvalue weighted by Gasteiger charge is -2.15. The van der Waals surface area contributed by atoms with Crippen molar-refractivity contribution < 1.29 is 19.1 Å². The minimum atomic E-state index is -0.487. The van der Waals surface area contributed by atoms with Gasteiger partial charge < -0.3 is 14.8 Å². The third-order valence-corrected chi connectivity index (χ3v) is 5.45. The van der Waals surface area contributed by atoms with Gasteiger partial charge in [0, 0.05) is 37.3 Å². The smallest absolute Gasteiger partial charge is 0.337 e. The summed E-state index contributed by atoms with van der Waals surface area (Å²) in [6.07, 6.45) is 7.84. The zero-order chi connectivity index (χ0) is 23.5. The predicted octanol–water partition coefficient (Wildman–Crippen LogP) is 3.96. The maximum absolute atomic E-state index is 12.8. The number of hydrogen-bond acceptors (Lipinski definition) is 5. The van der Waals surface area contributed by atoms with Crippen molar-refractivity contribution in [3.05, 3.63) is 52.4 Å². The largest absolute Gasteiger partial charge is 0.462 e. The summed E-state index contributed by atoms with van der Waals surface area (Å²) in [6.45, 7) is 12.1. The Bertz CT molecular complexity index is 873. The van der Waals surface area contributed by atoms with Gasteiger partial charge in [-0.3, -0.25) is 9.48 Å². The second-order valence-corrected chi connectivity index (χ2v) is 8.30. The number of nitrogens with one attached hydrogen (secondary N) is 1. The molecule has 0 fully saturated rings. The molecule has 0 unspecified atom stereocenters. The molecular formula is C24H34ClN3O4. The van der Waals surface area contributed by atoms with Gasteiger partial charge in [0.15, 0.2) is 0 Å². The Morgan fingerprint density at radius 3 is 2.84 bits per heavy atom. The molecule has 2 rings (SSSR count). The van der Waals surface area contributed by atoms with Crippen LogP contribution in [0.1, 0.15) is 55.4 Å². The van der Waals surface area contributed by atoms with Gasteiger partial charge in [0.05, 0.1) is 29.1 Å². The van der Waals surface area contributed by atoms with Gasteiger partial charge >= 0.3 is 5.97 Å². The van der Waals surface area contributed by atoms with E-state index in [-0.39, 0.29) is 24.0 Å². The van der Waals surface area contributed by atoms with Gasteiger partial charge in [0.1, 0.15) is 0 Å². The average Bonchev–Trinajstić information content (AvgIpc) is 3.11. The first-order chi connectivity index (χ1) is 15.4. The van der Waals surface area contributed by atoms with Crippen LogP contribution in [0, 0.1) is 5.92 Å². The summed E-state index contributed by atoms with van der Waals surface area (Å²) < 4.78 is 12.9. The van der Waals surface area contributed by atoms with Gasteiger partial charge in [-0.2, -0.15) is 5.10 Å². The minimum Gasteiger partial charge on any atom is -0.462 e. The molecule has 0 radical (unpaired) electrons. The molecule has 2 heterocycles. The number of carbonyl (C=O) groups is 2. The van der Waals surface area contributed by atoms with Crippen molar-refractivity contribution in [2.24, 2.45) is 5.92 Å². The summed E-state index contributed by atoms with van der Waals surface area (Å²) in [5, 5.41) is 8.22. The standard InChI is InChI=1S/C24H34ClN3O4/c1-5-19(25)11-10-18(4)24(30)32-16-17(3)15-28-21-9-7-13-31-14-8-12-26-23(29)22(21)20(6-2)27-28/h5,10-11,17H,4,6-9,12-16H2,1-3H3,(H,26,29)/b11-10-,19-5+/t17-/m0/s1. The number of rotatable bonds is 8. The molecule has 1 N–H and O–H groups in total. The Morgan fingerprint density at radius 2 is 2.12 bits per heavy atom. The highest BCUT2D eigenvalue weighted by molar-refractivity contribution is 6.31. The van der Waals surface area contributed by atoms with Crippen LogP contribution in [0.4, 0.5) is 0 Å². The van der Waals surface area contributed by atoms with Crippen molar-refractivity contribution in [2.45, 2.75) is 53.0 Å². The molecule has 8 heteroatoms. The van der Waals surface area contributed by atoms with Crippen LogP contribution in [0.3, 0.4) is 0 Å². The number of halogens is 1. The number of carbonyl (C=O) groups excluding carboxylic acids is 2. The van der Waals surface area contributed by atoms with Gasteiger partial charge in [-0.05, 0) is 44.8 Å². The third kappa shape index (κ3) is 7.64. The van der Waals surface area contributed by atoms with Crippen LogP contribution in [-0.4, -0.2) is 48.0 Å². The second-order valence-electron chi connectivity index (χ2n) is 7.87. The first-order valence-electron chi connectivity index (χ1n) is 11.2. The number of hydrogen-bond donors (Lipinski definition) is 1. The van der Waals surface area contributed by atoms with E-state index in [0.29, 0.717) is 49.7 Å². The lowest BCUT2D eigenvalue weighted by atomic mass is 10.1. The predicted molar refractivity (Wildman–Crippen MR) is 126 cm³/mol. The molecule has 1 amide bonds. The minimum absolute atomic E-state index is 0.000978. The molecule has 7 nitrogen and oxygen atoms in total. The van der Waals surface area contributed by atoms with E-state index in [0.717, 1.165) is 24.2 Å². The molecule has 0 aromatic carbocycles. The first kappa shape index (κ1) is 25.9. The Labute approximate surface area is 195 Å². The van der Waals surface area contributed by atoms with Crippen molar-refractivity contribution in [1.82, 2.24) is 15.1 Å². The van der Waals surface area contributed by atoms with Crippen LogP contribution >= 0.6 is 11.6 Å². The Hall–Kier alpha value is -2.38. The van der Waals surface area contributed by atoms with E-state index in [1.54, 1.807) is 19.1 Å². The molecule has 0 saturated heterocycles. The zero-order valence-corrected chi connectivity index (χ0v) is 20.0. The molecular weight excluding hydrogens is 430 g/mol. The van der Waals surface area contributed by atoms with Crippen LogP contribution in [0.5, 0.6) is 0 Å². The van der Waals surface area contributed by atoms with E-state index >= 15 is 0 Å². The fourth-order valence-corrected chi connectivity index (χ4v) is 3.44. The fourth-order valence-electron chi connectivity index (χ4n) is 3.38. The number of nitrogens with zero attached hydrogens (tertiary/aromatic N) is 2. The number of aryl methyl sites for hydroxylation is 1. The summed E-state index contributed by atoms with van der Waals surface area (Å²) >= 11 is 5.90. The molecule has 0 bridgehead atoms. The summed E-state index contributed by atoms with van der Waals surface area (Å²) in [5.41, 5.74) is 2.62. The fraction of sp³-hybridized carbons (Fsp3) is 0.542. The third-order valence-electron chi connectivity index (χ3n) is 5.11. The Balaban J connectivity index is 2.08. The highest BCUT2D eigenvalue weighted by Crippen LogP contribution is 2.20. The van der Waals surface area contributed by atoms with Crippen molar-refractivity contribution in [3.8, 4) is 0 Å². The summed E-state index contributed by atoms with van der Waals surface area (Å²) in [7, 11) is 0. The topological polar surface area (TPSA) is 82.5 Å². The highest BCUT2D eigenvalue weighted by atomic mass is 35.5. The van der Waals surface area contributed by atoms with Crippen LogP contribution in [0.25, 0.3) is 0 Å². The number of allylic oxidation sites excluding steroid dienone is 3. The molecule has 0 saturated carbocycles. The Kier molecular flexibility index (Phi) is 10.7.